The van der Waals surface area contributed by atoms with Gasteiger partial charge in [0.1, 0.15) is 11.6 Å². The standard InChI is InChI=1S/C19H21FN2O3/c1-12-17(21-18(25-12)15-4-2-3-5-16(15)20)19(23)22-8-9-24-11-14(22)10-13-6-7-13/h2-5,13-14H,6-11H2,1H3. The third-order valence-corrected chi connectivity index (χ3v) is 4.89. The number of halogens is 1. The third-order valence-electron chi connectivity index (χ3n) is 4.89. The van der Waals surface area contributed by atoms with Gasteiger partial charge >= 0.3 is 0 Å². The highest BCUT2D eigenvalue weighted by Crippen LogP contribution is 2.35. The summed E-state index contributed by atoms with van der Waals surface area (Å²) in [6, 6.07) is 6.36. The van der Waals surface area contributed by atoms with Gasteiger partial charge in [-0.05, 0) is 31.4 Å². The summed E-state index contributed by atoms with van der Waals surface area (Å²) < 4.78 is 25.1. The maximum atomic E-state index is 14.0. The Morgan fingerprint density at radius 3 is 2.92 bits per heavy atom. The van der Waals surface area contributed by atoms with Crippen LogP contribution in [0.1, 0.15) is 35.5 Å². The zero-order chi connectivity index (χ0) is 17.4. The first kappa shape index (κ1) is 16.3. The quantitative estimate of drug-likeness (QED) is 0.853. The molecular formula is C19H21FN2O3. The average molecular weight is 344 g/mol. The summed E-state index contributed by atoms with van der Waals surface area (Å²) in [5.74, 6) is 0.693. The molecule has 2 aromatic rings. The first-order valence-corrected chi connectivity index (χ1v) is 8.74. The van der Waals surface area contributed by atoms with Crippen molar-refractivity contribution in [2.24, 2.45) is 5.92 Å². The highest BCUT2D eigenvalue weighted by molar-refractivity contribution is 5.94. The van der Waals surface area contributed by atoms with E-state index in [0.717, 1.165) is 6.42 Å². The van der Waals surface area contributed by atoms with Crippen molar-refractivity contribution >= 4 is 5.91 Å². The second-order valence-electron chi connectivity index (χ2n) is 6.81. The molecule has 1 saturated heterocycles. The molecule has 2 aliphatic rings. The highest BCUT2D eigenvalue weighted by Gasteiger charge is 2.35. The van der Waals surface area contributed by atoms with E-state index in [-0.39, 0.29) is 29.1 Å². The molecule has 1 unspecified atom stereocenters. The van der Waals surface area contributed by atoms with Crippen molar-refractivity contribution in [2.45, 2.75) is 32.2 Å². The number of hydrogen-bond acceptors (Lipinski definition) is 4. The Bertz CT molecular complexity index is 785. The third kappa shape index (κ3) is 3.31. The summed E-state index contributed by atoms with van der Waals surface area (Å²) >= 11 is 0. The number of hydrogen-bond donors (Lipinski definition) is 0. The molecule has 6 heteroatoms. The molecule has 0 radical (unpaired) electrons. The van der Waals surface area contributed by atoms with E-state index < -0.39 is 5.82 Å². The van der Waals surface area contributed by atoms with Gasteiger partial charge in [0.25, 0.3) is 5.91 Å². The molecular weight excluding hydrogens is 323 g/mol. The van der Waals surface area contributed by atoms with E-state index in [1.165, 1.54) is 18.9 Å². The number of carbonyl (C=O) groups excluding carboxylic acids is 1. The normalized spacial score (nSPS) is 20.7. The Kier molecular flexibility index (Phi) is 4.29. The van der Waals surface area contributed by atoms with E-state index in [0.29, 0.717) is 31.4 Å². The van der Waals surface area contributed by atoms with Gasteiger partial charge in [-0.2, -0.15) is 0 Å². The lowest BCUT2D eigenvalue weighted by Crippen LogP contribution is -2.49. The molecule has 2 heterocycles. The fourth-order valence-electron chi connectivity index (χ4n) is 3.34. The lowest BCUT2D eigenvalue weighted by atomic mass is 10.1. The maximum Gasteiger partial charge on any atom is 0.276 e. The van der Waals surface area contributed by atoms with Crippen molar-refractivity contribution in [2.75, 3.05) is 19.8 Å². The van der Waals surface area contributed by atoms with Crippen LogP contribution in [-0.4, -0.2) is 41.6 Å². The van der Waals surface area contributed by atoms with Crippen LogP contribution in [0.3, 0.4) is 0 Å². The smallest absolute Gasteiger partial charge is 0.276 e. The number of carbonyl (C=O) groups is 1. The van der Waals surface area contributed by atoms with Gasteiger partial charge in [-0.1, -0.05) is 25.0 Å². The summed E-state index contributed by atoms with van der Waals surface area (Å²) in [5, 5.41) is 0. The first-order chi connectivity index (χ1) is 12.1. The van der Waals surface area contributed by atoms with Crippen LogP contribution in [0.2, 0.25) is 0 Å². The summed E-state index contributed by atoms with van der Waals surface area (Å²) in [6.45, 7) is 3.35. The Balaban J connectivity index is 1.60. The monoisotopic (exact) mass is 344 g/mol. The number of aromatic nitrogens is 1. The van der Waals surface area contributed by atoms with Crippen molar-refractivity contribution in [1.82, 2.24) is 9.88 Å². The van der Waals surface area contributed by atoms with Crippen molar-refractivity contribution in [3.63, 3.8) is 0 Å². The van der Waals surface area contributed by atoms with E-state index in [2.05, 4.69) is 4.98 Å². The summed E-state index contributed by atoms with van der Waals surface area (Å²) in [7, 11) is 0. The average Bonchev–Trinajstić information content (AvgIpc) is 3.35. The van der Waals surface area contributed by atoms with Crippen molar-refractivity contribution in [3.05, 3.63) is 41.5 Å². The first-order valence-electron chi connectivity index (χ1n) is 8.74. The second-order valence-corrected chi connectivity index (χ2v) is 6.81. The SMILES string of the molecule is Cc1oc(-c2ccccc2F)nc1C(=O)N1CCOCC1CC1CC1. The van der Waals surface area contributed by atoms with E-state index >= 15 is 0 Å². The van der Waals surface area contributed by atoms with Crippen molar-refractivity contribution in [3.8, 4) is 11.5 Å². The molecule has 1 aliphatic carbocycles. The van der Waals surface area contributed by atoms with Crippen LogP contribution >= 0.6 is 0 Å². The Morgan fingerprint density at radius 2 is 2.16 bits per heavy atom. The molecule has 1 atom stereocenters. The molecule has 0 bridgehead atoms. The minimum atomic E-state index is -0.416. The molecule has 1 aliphatic heterocycles. The van der Waals surface area contributed by atoms with Crippen molar-refractivity contribution in [1.29, 1.82) is 0 Å². The Morgan fingerprint density at radius 1 is 1.36 bits per heavy atom. The largest absolute Gasteiger partial charge is 0.440 e. The molecule has 1 saturated carbocycles. The molecule has 0 spiro atoms. The minimum Gasteiger partial charge on any atom is -0.440 e. The molecule has 1 aromatic heterocycles. The Labute approximate surface area is 145 Å². The van der Waals surface area contributed by atoms with E-state index in [1.54, 1.807) is 25.1 Å². The zero-order valence-electron chi connectivity index (χ0n) is 14.2. The topological polar surface area (TPSA) is 55.6 Å². The number of morpholine rings is 1. The number of aryl methyl sites for hydroxylation is 1. The summed E-state index contributed by atoms with van der Waals surface area (Å²) in [4.78, 5) is 19.2. The molecule has 4 rings (SSSR count). The van der Waals surface area contributed by atoms with Gasteiger partial charge in [0, 0.05) is 6.54 Å². The summed E-state index contributed by atoms with van der Waals surface area (Å²) in [5.41, 5.74) is 0.530. The Hall–Kier alpha value is -2.21. The predicted molar refractivity (Wildman–Crippen MR) is 89.6 cm³/mol. The lowest BCUT2D eigenvalue weighted by Gasteiger charge is -2.35. The molecule has 1 amide bonds. The van der Waals surface area contributed by atoms with Gasteiger partial charge in [-0.25, -0.2) is 9.37 Å². The van der Waals surface area contributed by atoms with Crippen molar-refractivity contribution < 1.29 is 18.3 Å². The van der Waals surface area contributed by atoms with E-state index in [9.17, 15) is 9.18 Å². The number of oxazole rings is 1. The fraction of sp³-hybridized carbons (Fsp3) is 0.474. The number of benzene rings is 1. The number of nitrogens with zero attached hydrogens (tertiary/aromatic N) is 2. The van der Waals surface area contributed by atoms with E-state index in [4.69, 9.17) is 9.15 Å². The van der Waals surface area contributed by atoms with Gasteiger partial charge in [-0.3, -0.25) is 4.79 Å². The second kappa shape index (κ2) is 6.59. The minimum absolute atomic E-state index is 0.0850. The molecule has 0 N–H and O–H groups in total. The number of ether oxygens (including phenoxy) is 1. The fourth-order valence-corrected chi connectivity index (χ4v) is 3.34. The number of rotatable bonds is 4. The molecule has 25 heavy (non-hydrogen) atoms. The predicted octanol–water partition coefficient (Wildman–Crippen LogP) is 3.43. The molecule has 1 aromatic carbocycles. The van der Waals surface area contributed by atoms with Crippen LogP contribution in [0.4, 0.5) is 4.39 Å². The van der Waals surface area contributed by atoms with Crippen LogP contribution in [0.15, 0.2) is 28.7 Å². The van der Waals surface area contributed by atoms with Crippen LogP contribution in [0.5, 0.6) is 0 Å². The van der Waals surface area contributed by atoms with Gasteiger partial charge in [0.2, 0.25) is 5.89 Å². The van der Waals surface area contributed by atoms with Crippen LogP contribution in [-0.2, 0) is 4.74 Å². The molecule has 132 valence electrons. The van der Waals surface area contributed by atoms with Crippen LogP contribution < -0.4 is 0 Å². The van der Waals surface area contributed by atoms with Crippen LogP contribution in [0.25, 0.3) is 11.5 Å². The maximum absolute atomic E-state index is 14.0. The highest BCUT2D eigenvalue weighted by atomic mass is 19.1. The summed E-state index contributed by atoms with van der Waals surface area (Å²) in [6.07, 6.45) is 3.45. The van der Waals surface area contributed by atoms with E-state index in [1.807, 2.05) is 4.90 Å². The zero-order valence-corrected chi connectivity index (χ0v) is 14.2. The molecule has 5 nitrogen and oxygen atoms in total. The van der Waals surface area contributed by atoms with Gasteiger partial charge in [-0.15, -0.1) is 0 Å². The van der Waals surface area contributed by atoms with Gasteiger partial charge in [0.15, 0.2) is 5.69 Å². The molecule has 2 fully saturated rings. The van der Waals surface area contributed by atoms with Gasteiger partial charge < -0.3 is 14.1 Å². The number of amides is 1. The van der Waals surface area contributed by atoms with Crippen LogP contribution in [0, 0.1) is 18.7 Å². The van der Waals surface area contributed by atoms with Gasteiger partial charge in [0.05, 0.1) is 24.8 Å². The lowest BCUT2D eigenvalue weighted by molar-refractivity contribution is -0.00604.